The van der Waals surface area contributed by atoms with Crippen molar-refractivity contribution in [1.82, 2.24) is 9.88 Å². The molecule has 0 N–H and O–H groups in total. The van der Waals surface area contributed by atoms with Gasteiger partial charge in [0.1, 0.15) is 0 Å². The normalized spacial score (nSPS) is 18.8. The van der Waals surface area contributed by atoms with Crippen LogP contribution >= 0.6 is 11.3 Å². The molecular formula is C20H27N3OS. The van der Waals surface area contributed by atoms with Crippen molar-refractivity contribution in [3.8, 4) is 0 Å². The smallest absolute Gasteiger partial charge is 0.225 e. The van der Waals surface area contributed by atoms with E-state index in [1.165, 1.54) is 15.8 Å². The zero-order chi connectivity index (χ0) is 17.6. The van der Waals surface area contributed by atoms with Gasteiger partial charge in [0, 0.05) is 32.6 Å². The summed E-state index contributed by atoms with van der Waals surface area (Å²) in [5.74, 6) is 1.32. The monoisotopic (exact) mass is 357 g/mol. The van der Waals surface area contributed by atoms with E-state index in [0.717, 1.165) is 56.0 Å². The number of anilines is 1. The molecule has 1 aromatic heterocycles. The molecule has 0 atom stereocenters. The number of hydrogen-bond acceptors (Lipinski definition) is 4. The summed E-state index contributed by atoms with van der Waals surface area (Å²) in [6.45, 7) is 7.32. The first kappa shape index (κ1) is 16.8. The van der Waals surface area contributed by atoms with Gasteiger partial charge in [-0.15, -0.1) is 0 Å². The van der Waals surface area contributed by atoms with E-state index >= 15 is 0 Å². The lowest BCUT2D eigenvalue weighted by molar-refractivity contribution is -0.131. The van der Waals surface area contributed by atoms with E-state index in [1.807, 2.05) is 23.3 Å². The summed E-state index contributed by atoms with van der Waals surface area (Å²) >= 11 is 1.81. The van der Waals surface area contributed by atoms with Gasteiger partial charge in [0.25, 0.3) is 0 Å². The lowest BCUT2D eigenvalue weighted by atomic mass is 9.96. The Bertz CT molecular complexity index is 788. The van der Waals surface area contributed by atoms with E-state index in [2.05, 4.69) is 30.9 Å². The fraction of sp³-hybridized carbons (Fsp3) is 0.600. The van der Waals surface area contributed by atoms with Crippen molar-refractivity contribution in [2.75, 3.05) is 31.6 Å². The number of aromatic nitrogens is 1. The molecular weight excluding hydrogens is 330 g/mol. The van der Waals surface area contributed by atoms with E-state index in [4.69, 9.17) is 4.98 Å². The van der Waals surface area contributed by atoms with Crippen LogP contribution in [0.3, 0.4) is 0 Å². The van der Waals surface area contributed by atoms with Crippen LogP contribution in [0.4, 0.5) is 5.13 Å². The number of carbonyl (C=O) groups excluding carboxylic acids is 1. The quantitative estimate of drug-likeness (QED) is 0.830. The number of thiazole rings is 1. The number of amides is 1. The van der Waals surface area contributed by atoms with Gasteiger partial charge in [-0.3, -0.25) is 4.79 Å². The highest BCUT2D eigenvalue weighted by Crippen LogP contribution is 2.34. The SMILES string of the molecule is Cc1cc(C)c2nc(N3CCC(CN(C)C(=O)C4CC4)CC3)sc2c1. The molecule has 1 amide bonds. The summed E-state index contributed by atoms with van der Waals surface area (Å²) < 4.78 is 1.30. The van der Waals surface area contributed by atoms with Gasteiger partial charge in [0.05, 0.1) is 10.2 Å². The number of fused-ring (bicyclic) bond motifs is 1. The van der Waals surface area contributed by atoms with Crippen molar-refractivity contribution in [3.05, 3.63) is 23.3 Å². The van der Waals surface area contributed by atoms with Gasteiger partial charge >= 0.3 is 0 Å². The molecule has 4 rings (SSSR count). The maximum Gasteiger partial charge on any atom is 0.225 e. The van der Waals surface area contributed by atoms with E-state index in [1.54, 1.807) is 0 Å². The van der Waals surface area contributed by atoms with Crippen molar-refractivity contribution in [2.45, 2.75) is 39.5 Å². The molecule has 1 aliphatic heterocycles. The summed E-state index contributed by atoms with van der Waals surface area (Å²) in [7, 11) is 1.98. The summed E-state index contributed by atoms with van der Waals surface area (Å²) in [6.07, 6.45) is 4.49. The number of aryl methyl sites for hydroxylation is 2. The molecule has 0 spiro atoms. The van der Waals surface area contributed by atoms with E-state index < -0.39 is 0 Å². The zero-order valence-corrected chi connectivity index (χ0v) is 16.2. The third-order valence-electron chi connectivity index (χ3n) is 5.54. The number of rotatable bonds is 4. The Hall–Kier alpha value is -1.62. The third kappa shape index (κ3) is 3.52. The minimum Gasteiger partial charge on any atom is -0.348 e. The summed E-state index contributed by atoms with van der Waals surface area (Å²) in [5.41, 5.74) is 3.73. The second-order valence-corrected chi connectivity index (χ2v) is 8.86. The van der Waals surface area contributed by atoms with Gasteiger partial charge in [-0.25, -0.2) is 4.98 Å². The van der Waals surface area contributed by atoms with Crippen LogP contribution in [0.5, 0.6) is 0 Å². The van der Waals surface area contributed by atoms with Crippen LogP contribution in [0.1, 0.15) is 36.8 Å². The standard InChI is InChI=1S/C20H27N3OS/c1-13-10-14(2)18-17(11-13)25-20(21-18)23-8-6-15(7-9-23)12-22(3)19(24)16-4-5-16/h10-11,15-16H,4-9,12H2,1-3H3. The van der Waals surface area contributed by atoms with Crippen molar-refractivity contribution in [3.63, 3.8) is 0 Å². The Balaban J connectivity index is 1.38. The molecule has 0 bridgehead atoms. The number of carbonyl (C=O) groups is 1. The second kappa shape index (κ2) is 6.60. The fourth-order valence-corrected chi connectivity index (χ4v) is 5.11. The summed E-state index contributed by atoms with van der Waals surface area (Å²) in [4.78, 5) is 21.4. The van der Waals surface area contributed by atoms with E-state index in [9.17, 15) is 4.79 Å². The topological polar surface area (TPSA) is 36.4 Å². The molecule has 1 aromatic carbocycles. The van der Waals surface area contributed by atoms with Gasteiger partial charge in [0.15, 0.2) is 5.13 Å². The first-order valence-corrected chi connectivity index (χ1v) is 10.2. The number of hydrogen-bond donors (Lipinski definition) is 0. The largest absolute Gasteiger partial charge is 0.348 e. The summed E-state index contributed by atoms with van der Waals surface area (Å²) in [6, 6.07) is 4.46. The molecule has 4 nitrogen and oxygen atoms in total. The van der Waals surface area contributed by atoms with Crippen LogP contribution < -0.4 is 4.90 Å². The Labute approximate surface area is 153 Å². The van der Waals surface area contributed by atoms with Gasteiger partial charge in [-0.2, -0.15) is 0 Å². The van der Waals surface area contributed by atoms with Crippen LogP contribution in [0.25, 0.3) is 10.2 Å². The van der Waals surface area contributed by atoms with Gasteiger partial charge in [-0.05, 0) is 62.6 Å². The van der Waals surface area contributed by atoms with Crippen LogP contribution in [-0.4, -0.2) is 42.5 Å². The number of nitrogens with zero attached hydrogens (tertiary/aromatic N) is 3. The van der Waals surface area contributed by atoms with Crippen LogP contribution in [-0.2, 0) is 4.79 Å². The average Bonchev–Trinajstić information content (AvgIpc) is 3.34. The minimum atomic E-state index is 0.333. The molecule has 2 heterocycles. The first-order chi connectivity index (χ1) is 12.0. The van der Waals surface area contributed by atoms with Crippen LogP contribution in [0.15, 0.2) is 12.1 Å². The Kier molecular flexibility index (Phi) is 4.44. The molecule has 5 heteroatoms. The van der Waals surface area contributed by atoms with Crippen LogP contribution in [0.2, 0.25) is 0 Å². The molecule has 1 saturated heterocycles. The third-order valence-corrected chi connectivity index (χ3v) is 6.60. The highest BCUT2D eigenvalue weighted by molar-refractivity contribution is 7.22. The first-order valence-electron chi connectivity index (χ1n) is 9.39. The maximum atomic E-state index is 12.1. The Morgan fingerprint density at radius 1 is 1.24 bits per heavy atom. The Morgan fingerprint density at radius 2 is 1.96 bits per heavy atom. The van der Waals surface area contributed by atoms with Crippen molar-refractivity contribution in [2.24, 2.45) is 11.8 Å². The fourth-order valence-electron chi connectivity index (χ4n) is 3.92. The highest BCUT2D eigenvalue weighted by atomic mass is 32.1. The average molecular weight is 358 g/mol. The molecule has 0 unspecified atom stereocenters. The minimum absolute atomic E-state index is 0.333. The van der Waals surface area contributed by atoms with E-state index in [-0.39, 0.29) is 0 Å². The van der Waals surface area contributed by atoms with Crippen molar-refractivity contribution in [1.29, 1.82) is 0 Å². The highest BCUT2D eigenvalue weighted by Gasteiger charge is 2.33. The van der Waals surface area contributed by atoms with Gasteiger partial charge in [0.2, 0.25) is 5.91 Å². The molecule has 2 aliphatic rings. The van der Waals surface area contributed by atoms with Gasteiger partial charge in [-0.1, -0.05) is 17.4 Å². The number of benzene rings is 1. The Morgan fingerprint density at radius 3 is 2.64 bits per heavy atom. The molecule has 2 aromatic rings. The molecule has 1 aliphatic carbocycles. The molecule has 134 valence electrons. The lowest BCUT2D eigenvalue weighted by Crippen LogP contribution is -2.39. The molecule has 2 fully saturated rings. The van der Waals surface area contributed by atoms with E-state index in [0.29, 0.717) is 17.7 Å². The molecule has 1 saturated carbocycles. The summed E-state index contributed by atoms with van der Waals surface area (Å²) in [5, 5.41) is 1.16. The molecule has 25 heavy (non-hydrogen) atoms. The predicted molar refractivity (Wildman–Crippen MR) is 104 cm³/mol. The second-order valence-electron chi connectivity index (χ2n) is 7.85. The van der Waals surface area contributed by atoms with Crippen molar-refractivity contribution >= 4 is 32.6 Å². The van der Waals surface area contributed by atoms with Crippen molar-refractivity contribution < 1.29 is 4.79 Å². The predicted octanol–water partition coefficient (Wildman–Crippen LogP) is 4.00. The molecule has 0 radical (unpaired) electrons. The lowest BCUT2D eigenvalue weighted by Gasteiger charge is -2.33. The number of piperidine rings is 1. The zero-order valence-electron chi connectivity index (χ0n) is 15.4. The maximum absolute atomic E-state index is 12.1. The van der Waals surface area contributed by atoms with Gasteiger partial charge < -0.3 is 9.80 Å². The van der Waals surface area contributed by atoms with Crippen LogP contribution in [0, 0.1) is 25.7 Å².